The minimum absolute atomic E-state index is 0.0977. The van der Waals surface area contributed by atoms with E-state index in [-0.39, 0.29) is 12.3 Å². The van der Waals surface area contributed by atoms with Crippen molar-refractivity contribution >= 4 is 23.2 Å². The monoisotopic (exact) mass is 263 g/mol. The quantitative estimate of drug-likeness (QED) is 0.886. The van der Waals surface area contributed by atoms with Gasteiger partial charge in [0.2, 0.25) is 5.91 Å². The molecular weight excluding hydrogens is 250 g/mol. The van der Waals surface area contributed by atoms with Crippen LogP contribution in [0.15, 0.2) is 18.2 Å². The van der Waals surface area contributed by atoms with Gasteiger partial charge in [-0.15, -0.1) is 0 Å². The average Bonchev–Trinajstić information content (AvgIpc) is 2.35. The van der Waals surface area contributed by atoms with Crippen LogP contribution >= 0.6 is 11.6 Å². The lowest BCUT2D eigenvalue weighted by atomic mass is 10.1. The molecule has 0 bridgehead atoms. The highest BCUT2D eigenvalue weighted by molar-refractivity contribution is 6.31. The van der Waals surface area contributed by atoms with Crippen LogP contribution in [0.2, 0.25) is 5.02 Å². The van der Waals surface area contributed by atoms with E-state index in [9.17, 15) is 4.79 Å². The van der Waals surface area contributed by atoms with Crippen molar-refractivity contribution in [2.45, 2.75) is 19.4 Å². The van der Waals surface area contributed by atoms with Crippen molar-refractivity contribution in [1.29, 1.82) is 5.26 Å². The third kappa shape index (κ3) is 2.41. The number of anilines is 1. The van der Waals surface area contributed by atoms with Crippen molar-refractivity contribution in [2.75, 3.05) is 18.0 Å². The Labute approximate surface area is 111 Å². The second kappa shape index (κ2) is 5.28. The number of aryl methyl sites for hydroxylation is 1. The first-order valence-corrected chi connectivity index (χ1v) is 6.18. The number of amides is 1. The Kier molecular flexibility index (Phi) is 3.73. The zero-order valence-corrected chi connectivity index (χ0v) is 10.9. The summed E-state index contributed by atoms with van der Waals surface area (Å²) in [5.41, 5.74) is 1.89. The van der Waals surface area contributed by atoms with Crippen LogP contribution in [0.1, 0.15) is 12.0 Å². The molecule has 1 saturated heterocycles. The van der Waals surface area contributed by atoms with Gasteiger partial charge in [-0.2, -0.15) is 5.26 Å². The normalized spacial score (nSPS) is 19.3. The molecule has 1 aliphatic heterocycles. The van der Waals surface area contributed by atoms with Gasteiger partial charge < -0.3 is 10.2 Å². The Balaban J connectivity index is 2.31. The van der Waals surface area contributed by atoms with E-state index >= 15 is 0 Å². The van der Waals surface area contributed by atoms with E-state index in [4.69, 9.17) is 16.9 Å². The summed E-state index contributed by atoms with van der Waals surface area (Å²) >= 11 is 6.10. The van der Waals surface area contributed by atoms with Gasteiger partial charge in [0, 0.05) is 23.8 Å². The predicted molar refractivity (Wildman–Crippen MR) is 70.6 cm³/mol. The molecule has 0 aliphatic carbocycles. The van der Waals surface area contributed by atoms with E-state index in [0.717, 1.165) is 11.3 Å². The van der Waals surface area contributed by atoms with E-state index in [0.29, 0.717) is 18.1 Å². The summed E-state index contributed by atoms with van der Waals surface area (Å²) in [5, 5.41) is 12.3. The van der Waals surface area contributed by atoms with E-state index in [2.05, 4.69) is 11.4 Å². The van der Waals surface area contributed by atoms with Gasteiger partial charge in [-0.3, -0.25) is 4.79 Å². The molecule has 4 nitrogen and oxygen atoms in total. The van der Waals surface area contributed by atoms with E-state index in [1.807, 2.05) is 30.0 Å². The summed E-state index contributed by atoms with van der Waals surface area (Å²) in [6.07, 6.45) is 0.178. The summed E-state index contributed by atoms with van der Waals surface area (Å²) in [6.45, 7) is 3.21. The lowest BCUT2D eigenvalue weighted by Gasteiger charge is -2.35. The largest absolute Gasteiger partial charge is 0.357 e. The number of benzene rings is 1. The number of nitrogens with one attached hydrogen (secondary N) is 1. The first kappa shape index (κ1) is 12.7. The Morgan fingerprint density at radius 3 is 3.06 bits per heavy atom. The molecular formula is C13H14ClN3O. The lowest BCUT2D eigenvalue weighted by molar-refractivity contribution is -0.123. The van der Waals surface area contributed by atoms with Crippen LogP contribution in [0.5, 0.6) is 0 Å². The van der Waals surface area contributed by atoms with Gasteiger partial charge in [-0.25, -0.2) is 0 Å². The highest BCUT2D eigenvalue weighted by atomic mass is 35.5. The number of rotatable bonds is 2. The maximum atomic E-state index is 11.8. The zero-order chi connectivity index (χ0) is 13.1. The fourth-order valence-electron chi connectivity index (χ4n) is 2.07. The van der Waals surface area contributed by atoms with Crippen molar-refractivity contribution in [1.82, 2.24) is 5.32 Å². The van der Waals surface area contributed by atoms with Crippen LogP contribution < -0.4 is 10.2 Å². The number of hydrogen-bond donors (Lipinski definition) is 1. The third-order valence-corrected chi connectivity index (χ3v) is 3.51. The topological polar surface area (TPSA) is 56.1 Å². The molecule has 0 spiro atoms. The summed E-state index contributed by atoms with van der Waals surface area (Å²) in [4.78, 5) is 13.7. The van der Waals surface area contributed by atoms with Crippen LogP contribution in [0.3, 0.4) is 0 Å². The average molecular weight is 264 g/mol. The third-order valence-electron chi connectivity index (χ3n) is 3.10. The number of nitrogens with zero attached hydrogens (tertiary/aromatic N) is 2. The second-order valence-electron chi connectivity index (χ2n) is 4.30. The van der Waals surface area contributed by atoms with E-state index in [1.165, 1.54) is 0 Å². The SMILES string of the molecule is Cc1ccc(N2CCNC(=O)C2CC#N)cc1Cl. The molecule has 1 aromatic carbocycles. The zero-order valence-electron chi connectivity index (χ0n) is 10.1. The molecule has 18 heavy (non-hydrogen) atoms. The molecule has 1 heterocycles. The minimum Gasteiger partial charge on any atom is -0.357 e. The molecule has 0 saturated carbocycles. The van der Waals surface area contributed by atoms with Gasteiger partial charge >= 0.3 is 0 Å². The summed E-state index contributed by atoms with van der Waals surface area (Å²) in [6, 6.07) is 7.34. The van der Waals surface area contributed by atoms with Gasteiger partial charge in [-0.05, 0) is 24.6 Å². The van der Waals surface area contributed by atoms with E-state index < -0.39 is 6.04 Å². The van der Waals surface area contributed by atoms with Crippen molar-refractivity contribution < 1.29 is 4.79 Å². The van der Waals surface area contributed by atoms with Gasteiger partial charge in [0.05, 0.1) is 12.5 Å². The number of nitriles is 1. The number of carbonyl (C=O) groups excluding carboxylic acids is 1. The number of hydrogen-bond acceptors (Lipinski definition) is 3. The maximum absolute atomic E-state index is 11.8. The molecule has 1 fully saturated rings. The number of carbonyl (C=O) groups is 1. The molecule has 1 N–H and O–H groups in total. The molecule has 1 aliphatic rings. The molecule has 2 rings (SSSR count). The molecule has 1 atom stereocenters. The van der Waals surface area contributed by atoms with Gasteiger partial charge in [0.1, 0.15) is 6.04 Å². The highest BCUT2D eigenvalue weighted by Gasteiger charge is 2.29. The minimum atomic E-state index is -0.428. The smallest absolute Gasteiger partial charge is 0.243 e. The Morgan fingerprint density at radius 1 is 1.61 bits per heavy atom. The van der Waals surface area contributed by atoms with Gasteiger partial charge in [0.25, 0.3) is 0 Å². The van der Waals surface area contributed by atoms with Crippen LogP contribution in [-0.2, 0) is 4.79 Å². The predicted octanol–water partition coefficient (Wildman–Crippen LogP) is 1.87. The van der Waals surface area contributed by atoms with E-state index in [1.54, 1.807) is 0 Å². The fraction of sp³-hybridized carbons (Fsp3) is 0.385. The first-order valence-electron chi connectivity index (χ1n) is 5.81. The van der Waals surface area contributed by atoms with Gasteiger partial charge in [-0.1, -0.05) is 17.7 Å². The van der Waals surface area contributed by atoms with Crippen LogP contribution in [-0.4, -0.2) is 25.0 Å². The maximum Gasteiger partial charge on any atom is 0.243 e. The molecule has 1 aromatic rings. The summed E-state index contributed by atoms with van der Waals surface area (Å²) < 4.78 is 0. The molecule has 0 aromatic heterocycles. The number of halogens is 1. The van der Waals surface area contributed by atoms with Crippen LogP contribution in [0, 0.1) is 18.3 Å². The molecule has 1 amide bonds. The summed E-state index contributed by atoms with van der Waals surface area (Å²) in [5.74, 6) is -0.0977. The van der Waals surface area contributed by atoms with Crippen molar-refractivity contribution in [3.8, 4) is 6.07 Å². The molecule has 94 valence electrons. The highest BCUT2D eigenvalue weighted by Crippen LogP contribution is 2.26. The Morgan fingerprint density at radius 2 is 2.39 bits per heavy atom. The Hall–Kier alpha value is -1.73. The first-order chi connectivity index (χ1) is 8.63. The second-order valence-corrected chi connectivity index (χ2v) is 4.70. The summed E-state index contributed by atoms with van der Waals surface area (Å²) in [7, 11) is 0. The standard InChI is InChI=1S/C13H14ClN3O/c1-9-2-3-10(8-11(9)14)17-7-6-16-13(18)12(17)4-5-15/h2-3,8,12H,4,6-7H2,1H3,(H,16,18). The number of piperazine rings is 1. The van der Waals surface area contributed by atoms with Crippen molar-refractivity contribution in [3.63, 3.8) is 0 Å². The molecule has 1 unspecified atom stereocenters. The van der Waals surface area contributed by atoms with Crippen molar-refractivity contribution in [3.05, 3.63) is 28.8 Å². The molecule has 5 heteroatoms. The molecule has 0 radical (unpaired) electrons. The fourth-order valence-corrected chi connectivity index (χ4v) is 2.25. The van der Waals surface area contributed by atoms with Crippen LogP contribution in [0.25, 0.3) is 0 Å². The Bertz CT molecular complexity index is 509. The van der Waals surface area contributed by atoms with Crippen molar-refractivity contribution in [2.24, 2.45) is 0 Å². The van der Waals surface area contributed by atoms with Crippen LogP contribution in [0.4, 0.5) is 5.69 Å². The lowest BCUT2D eigenvalue weighted by Crippen LogP contribution is -2.55. The van der Waals surface area contributed by atoms with Gasteiger partial charge in [0.15, 0.2) is 0 Å².